The average molecular weight is 325 g/mol. The van der Waals surface area contributed by atoms with Gasteiger partial charge in [-0.05, 0) is 24.1 Å². The van der Waals surface area contributed by atoms with Gasteiger partial charge in [-0.15, -0.1) is 0 Å². The van der Waals surface area contributed by atoms with Gasteiger partial charge in [0.15, 0.2) is 0 Å². The number of hydrogen-bond donors (Lipinski definition) is 1. The molecule has 0 radical (unpaired) electrons. The number of carbonyl (C=O) groups excluding carboxylic acids is 2. The fraction of sp³-hybridized carbons (Fsp3) is 0.316. The van der Waals surface area contributed by atoms with Crippen LogP contribution in [-0.2, 0) is 22.7 Å². The van der Waals surface area contributed by atoms with Crippen molar-refractivity contribution < 1.29 is 9.59 Å². The minimum atomic E-state index is -0.533. The normalized spacial score (nSPS) is 11.6. The number of carbonyl (C=O) groups is 2. The summed E-state index contributed by atoms with van der Waals surface area (Å²) in [5, 5.41) is 2.87. The molecule has 0 aliphatic carbocycles. The smallest absolute Gasteiger partial charge is 0.242 e. The Bertz CT molecular complexity index is 659. The van der Waals surface area contributed by atoms with E-state index in [-0.39, 0.29) is 11.8 Å². The van der Waals surface area contributed by atoms with Crippen LogP contribution in [0.3, 0.4) is 0 Å². The molecule has 0 aliphatic rings. The van der Waals surface area contributed by atoms with Crippen molar-refractivity contribution in [1.82, 2.24) is 15.2 Å². The quantitative estimate of drug-likeness (QED) is 0.851. The third kappa shape index (κ3) is 4.91. The van der Waals surface area contributed by atoms with E-state index in [1.807, 2.05) is 42.5 Å². The monoisotopic (exact) mass is 325 g/mol. The molecule has 2 rings (SSSR count). The second kappa shape index (κ2) is 8.82. The van der Waals surface area contributed by atoms with Crippen LogP contribution in [0.25, 0.3) is 0 Å². The fourth-order valence-electron chi connectivity index (χ4n) is 2.41. The molecule has 126 valence electrons. The molecule has 1 unspecified atom stereocenters. The van der Waals surface area contributed by atoms with Crippen molar-refractivity contribution in [2.24, 2.45) is 0 Å². The molecule has 1 aromatic heterocycles. The summed E-state index contributed by atoms with van der Waals surface area (Å²) in [5.41, 5.74) is 1.93. The first kappa shape index (κ1) is 17.7. The predicted octanol–water partition coefficient (Wildman–Crippen LogP) is 2.53. The highest BCUT2D eigenvalue weighted by atomic mass is 16.2. The zero-order valence-corrected chi connectivity index (χ0v) is 14.1. The Morgan fingerprint density at radius 2 is 1.83 bits per heavy atom. The molecule has 1 atom stereocenters. The molecule has 0 aliphatic heterocycles. The maximum atomic E-state index is 12.4. The van der Waals surface area contributed by atoms with E-state index < -0.39 is 6.04 Å². The minimum absolute atomic E-state index is 0.0390. The Labute approximate surface area is 142 Å². The summed E-state index contributed by atoms with van der Waals surface area (Å²) in [7, 11) is 0. The van der Waals surface area contributed by atoms with Gasteiger partial charge in [0, 0.05) is 31.9 Å². The van der Waals surface area contributed by atoms with E-state index in [2.05, 4.69) is 10.3 Å². The Balaban J connectivity index is 2.02. The Morgan fingerprint density at radius 1 is 1.12 bits per heavy atom. The molecule has 0 fully saturated rings. The van der Waals surface area contributed by atoms with Crippen molar-refractivity contribution in [3.63, 3.8) is 0 Å². The number of nitrogens with zero attached hydrogens (tertiary/aromatic N) is 2. The van der Waals surface area contributed by atoms with Crippen molar-refractivity contribution in [3.05, 3.63) is 66.0 Å². The van der Waals surface area contributed by atoms with Gasteiger partial charge >= 0.3 is 0 Å². The zero-order valence-electron chi connectivity index (χ0n) is 14.1. The SMILES string of the molecule is CCC(=O)N(Cc1ccccc1)C(C)C(=O)NCc1cccnc1. The molecular weight excluding hydrogens is 302 g/mol. The highest BCUT2D eigenvalue weighted by molar-refractivity contribution is 5.87. The number of nitrogens with one attached hydrogen (secondary N) is 1. The van der Waals surface area contributed by atoms with E-state index >= 15 is 0 Å². The summed E-state index contributed by atoms with van der Waals surface area (Å²) in [6, 6.07) is 12.9. The van der Waals surface area contributed by atoms with E-state index in [9.17, 15) is 9.59 Å². The van der Waals surface area contributed by atoms with Crippen molar-refractivity contribution in [2.75, 3.05) is 0 Å². The minimum Gasteiger partial charge on any atom is -0.350 e. The number of pyridine rings is 1. The van der Waals surface area contributed by atoms with Crippen LogP contribution in [0, 0.1) is 0 Å². The summed E-state index contributed by atoms with van der Waals surface area (Å²) in [5.74, 6) is -0.209. The Morgan fingerprint density at radius 3 is 2.46 bits per heavy atom. The summed E-state index contributed by atoms with van der Waals surface area (Å²) < 4.78 is 0. The number of rotatable bonds is 7. The summed E-state index contributed by atoms with van der Waals surface area (Å²) in [6.07, 6.45) is 3.77. The standard InChI is InChI=1S/C19H23N3O2/c1-3-18(23)22(14-16-8-5-4-6-9-16)15(2)19(24)21-13-17-10-7-11-20-12-17/h4-12,15H,3,13-14H2,1-2H3,(H,21,24). The van der Waals surface area contributed by atoms with Gasteiger partial charge in [0.05, 0.1) is 0 Å². The molecule has 2 amide bonds. The predicted molar refractivity (Wildman–Crippen MR) is 92.8 cm³/mol. The maximum Gasteiger partial charge on any atom is 0.242 e. The van der Waals surface area contributed by atoms with Crippen LogP contribution in [0.15, 0.2) is 54.9 Å². The van der Waals surface area contributed by atoms with Gasteiger partial charge in [-0.2, -0.15) is 0 Å². The van der Waals surface area contributed by atoms with Crippen LogP contribution in [-0.4, -0.2) is 27.7 Å². The molecule has 2 aromatic rings. The van der Waals surface area contributed by atoms with Crippen molar-refractivity contribution >= 4 is 11.8 Å². The van der Waals surface area contributed by atoms with E-state index in [1.165, 1.54) is 0 Å². The Kier molecular flexibility index (Phi) is 6.49. The third-order valence-corrected chi connectivity index (χ3v) is 3.86. The van der Waals surface area contributed by atoms with Crippen molar-refractivity contribution in [2.45, 2.75) is 39.4 Å². The second-order valence-electron chi connectivity index (χ2n) is 5.62. The summed E-state index contributed by atoms with van der Waals surface area (Å²) in [6.45, 7) is 4.39. The van der Waals surface area contributed by atoms with Gasteiger partial charge < -0.3 is 10.2 Å². The van der Waals surface area contributed by atoms with Crippen molar-refractivity contribution in [3.8, 4) is 0 Å². The van der Waals surface area contributed by atoms with Crippen LogP contribution in [0.1, 0.15) is 31.4 Å². The second-order valence-corrected chi connectivity index (χ2v) is 5.62. The fourth-order valence-corrected chi connectivity index (χ4v) is 2.41. The van der Waals surface area contributed by atoms with Crippen LogP contribution >= 0.6 is 0 Å². The molecule has 1 heterocycles. The molecule has 1 aromatic carbocycles. The lowest BCUT2D eigenvalue weighted by Crippen LogP contribution is -2.47. The van der Waals surface area contributed by atoms with Crippen LogP contribution in [0.2, 0.25) is 0 Å². The first-order valence-corrected chi connectivity index (χ1v) is 8.11. The number of aromatic nitrogens is 1. The summed E-state index contributed by atoms with van der Waals surface area (Å²) in [4.78, 5) is 30.4. The van der Waals surface area contributed by atoms with Crippen LogP contribution in [0.4, 0.5) is 0 Å². The first-order chi connectivity index (χ1) is 11.6. The lowest BCUT2D eigenvalue weighted by molar-refractivity contribution is -0.140. The van der Waals surface area contributed by atoms with Gasteiger partial charge in [-0.3, -0.25) is 14.6 Å². The summed E-state index contributed by atoms with van der Waals surface area (Å²) >= 11 is 0. The van der Waals surface area contributed by atoms with Gasteiger partial charge in [-0.25, -0.2) is 0 Å². The molecule has 24 heavy (non-hydrogen) atoms. The zero-order chi connectivity index (χ0) is 17.4. The number of benzene rings is 1. The largest absolute Gasteiger partial charge is 0.350 e. The van der Waals surface area contributed by atoms with E-state index in [0.717, 1.165) is 11.1 Å². The third-order valence-electron chi connectivity index (χ3n) is 3.86. The lowest BCUT2D eigenvalue weighted by atomic mass is 10.1. The lowest BCUT2D eigenvalue weighted by Gasteiger charge is -2.28. The maximum absolute atomic E-state index is 12.4. The van der Waals surface area contributed by atoms with E-state index in [0.29, 0.717) is 19.5 Å². The average Bonchev–Trinajstić information content (AvgIpc) is 2.64. The van der Waals surface area contributed by atoms with Gasteiger partial charge in [0.2, 0.25) is 11.8 Å². The van der Waals surface area contributed by atoms with Crippen molar-refractivity contribution in [1.29, 1.82) is 0 Å². The number of amides is 2. The van der Waals surface area contributed by atoms with Gasteiger partial charge in [0.25, 0.3) is 0 Å². The molecule has 5 heteroatoms. The molecule has 1 N–H and O–H groups in total. The topological polar surface area (TPSA) is 62.3 Å². The van der Waals surface area contributed by atoms with E-state index in [1.54, 1.807) is 31.1 Å². The molecule has 0 saturated heterocycles. The number of hydrogen-bond acceptors (Lipinski definition) is 3. The van der Waals surface area contributed by atoms with Gasteiger partial charge in [-0.1, -0.05) is 43.3 Å². The molecule has 0 spiro atoms. The first-order valence-electron chi connectivity index (χ1n) is 8.11. The van der Waals surface area contributed by atoms with E-state index in [4.69, 9.17) is 0 Å². The van der Waals surface area contributed by atoms with Crippen LogP contribution < -0.4 is 5.32 Å². The molecular formula is C19H23N3O2. The highest BCUT2D eigenvalue weighted by Crippen LogP contribution is 2.11. The highest BCUT2D eigenvalue weighted by Gasteiger charge is 2.24. The molecule has 5 nitrogen and oxygen atoms in total. The Hall–Kier alpha value is -2.69. The molecule has 0 bridgehead atoms. The van der Waals surface area contributed by atoms with Crippen LogP contribution in [0.5, 0.6) is 0 Å². The molecule has 0 saturated carbocycles. The van der Waals surface area contributed by atoms with Gasteiger partial charge in [0.1, 0.15) is 6.04 Å².